The number of piperidine rings is 1. The fraction of sp³-hybridized carbons (Fsp3) is 0.632. The summed E-state index contributed by atoms with van der Waals surface area (Å²) in [6.07, 6.45) is 3.41. The summed E-state index contributed by atoms with van der Waals surface area (Å²) in [5.41, 5.74) is 1.32. The van der Waals surface area contributed by atoms with Gasteiger partial charge in [-0.25, -0.2) is 0 Å². The minimum absolute atomic E-state index is 0.0999. The summed E-state index contributed by atoms with van der Waals surface area (Å²) in [6, 6.07) is 7.68. The molecule has 122 valence electrons. The molecule has 0 amide bonds. The molecule has 1 fully saturated rings. The Labute approximate surface area is 134 Å². The van der Waals surface area contributed by atoms with E-state index in [-0.39, 0.29) is 5.41 Å². The molecule has 22 heavy (non-hydrogen) atoms. The molecule has 0 aliphatic carbocycles. The lowest BCUT2D eigenvalue weighted by Gasteiger charge is -2.45. The van der Waals surface area contributed by atoms with Crippen LogP contribution in [0.3, 0.4) is 0 Å². The first-order valence-corrected chi connectivity index (χ1v) is 8.49. The van der Waals surface area contributed by atoms with Crippen LogP contribution in [0.1, 0.15) is 52.0 Å². The number of ketones is 1. The smallest absolute Gasteiger partial charge is 0.134 e. The zero-order valence-corrected chi connectivity index (χ0v) is 14.1. The Bertz CT molecular complexity index is 514. The maximum Gasteiger partial charge on any atom is 0.134 e. The molecule has 0 spiro atoms. The third kappa shape index (κ3) is 3.89. The first kappa shape index (κ1) is 17.0. The van der Waals surface area contributed by atoms with Crippen LogP contribution in [0.5, 0.6) is 5.75 Å². The zero-order valence-electron chi connectivity index (χ0n) is 14.1. The molecule has 0 aromatic heterocycles. The fourth-order valence-corrected chi connectivity index (χ4v) is 3.50. The van der Waals surface area contributed by atoms with Crippen molar-refractivity contribution in [1.29, 1.82) is 0 Å². The number of hydrogen-bond acceptors (Lipinski definition) is 3. The molecule has 1 aliphatic rings. The largest absolute Gasteiger partial charge is 0.508 e. The normalized spacial score (nSPS) is 26.0. The van der Waals surface area contributed by atoms with E-state index in [1.54, 1.807) is 6.07 Å². The third-order valence-electron chi connectivity index (χ3n) is 5.31. The van der Waals surface area contributed by atoms with Crippen LogP contribution in [0.15, 0.2) is 24.3 Å². The highest BCUT2D eigenvalue weighted by Crippen LogP contribution is 2.40. The molecule has 2 rings (SSSR count). The molecule has 0 saturated carbocycles. The van der Waals surface area contributed by atoms with Crippen LogP contribution in [0, 0.1) is 5.92 Å². The lowest BCUT2D eigenvalue weighted by molar-refractivity contribution is -0.119. The molecular weight excluding hydrogens is 274 g/mol. The van der Waals surface area contributed by atoms with Crippen LogP contribution < -0.4 is 0 Å². The zero-order chi connectivity index (χ0) is 16.2. The van der Waals surface area contributed by atoms with Gasteiger partial charge in [0, 0.05) is 25.9 Å². The van der Waals surface area contributed by atoms with Crippen molar-refractivity contribution in [2.24, 2.45) is 5.92 Å². The number of phenols is 1. The predicted octanol–water partition coefficient (Wildman–Crippen LogP) is 3.75. The van der Waals surface area contributed by atoms with E-state index in [9.17, 15) is 9.90 Å². The number of hydrogen-bond donors (Lipinski definition) is 1. The highest BCUT2D eigenvalue weighted by atomic mass is 16.3. The molecule has 3 heteroatoms. The van der Waals surface area contributed by atoms with Crippen LogP contribution >= 0.6 is 0 Å². The molecule has 1 heterocycles. The van der Waals surface area contributed by atoms with E-state index in [2.05, 4.69) is 31.7 Å². The van der Waals surface area contributed by atoms with Gasteiger partial charge in [0.05, 0.1) is 0 Å². The van der Waals surface area contributed by atoms with Crippen molar-refractivity contribution in [2.75, 3.05) is 19.6 Å². The van der Waals surface area contributed by atoms with E-state index >= 15 is 0 Å². The quantitative estimate of drug-likeness (QED) is 0.870. The van der Waals surface area contributed by atoms with E-state index in [0.29, 0.717) is 30.3 Å². The van der Waals surface area contributed by atoms with Crippen LogP contribution in [-0.4, -0.2) is 35.4 Å². The van der Waals surface area contributed by atoms with E-state index in [1.165, 1.54) is 5.56 Å². The van der Waals surface area contributed by atoms with E-state index in [4.69, 9.17) is 0 Å². The number of likely N-dealkylation sites (tertiary alicyclic amines) is 1. The van der Waals surface area contributed by atoms with Gasteiger partial charge in [-0.1, -0.05) is 32.9 Å². The second-order valence-electron chi connectivity index (χ2n) is 6.96. The van der Waals surface area contributed by atoms with Gasteiger partial charge >= 0.3 is 0 Å². The Morgan fingerprint density at radius 3 is 2.82 bits per heavy atom. The van der Waals surface area contributed by atoms with Gasteiger partial charge < -0.3 is 10.0 Å². The second kappa shape index (κ2) is 7.28. The van der Waals surface area contributed by atoms with E-state index in [1.807, 2.05) is 12.1 Å². The molecule has 0 radical (unpaired) electrons. The monoisotopic (exact) mass is 303 g/mol. The van der Waals surface area contributed by atoms with Gasteiger partial charge in [-0.3, -0.25) is 4.79 Å². The van der Waals surface area contributed by atoms with Gasteiger partial charge in [0.1, 0.15) is 11.5 Å². The van der Waals surface area contributed by atoms with Crippen molar-refractivity contribution in [3.63, 3.8) is 0 Å². The predicted molar refractivity (Wildman–Crippen MR) is 90.2 cm³/mol. The number of carbonyl (C=O) groups is 1. The van der Waals surface area contributed by atoms with Crippen LogP contribution in [0.2, 0.25) is 0 Å². The van der Waals surface area contributed by atoms with Crippen molar-refractivity contribution in [1.82, 2.24) is 4.90 Å². The summed E-state index contributed by atoms with van der Waals surface area (Å²) in [5.74, 6) is 1.24. The number of Topliss-reactive ketones (excluding diaryl/α,β-unsaturated/α-hetero) is 1. The maximum absolute atomic E-state index is 11.7. The number of carbonyl (C=O) groups excluding carboxylic acids is 1. The van der Waals surface area contributed by atoms with Crippen molar-refractivity contribution in [2.45, 2.75) is 51.9 Å². The molecule has 2 atom stereocenters. The fourth-order valence-electron chi connectivity index (χ4n) is 3.50. The Balaban J connectivity index is 1.96. The third-order valence-corrected chi connectivity index (χ3v) is 5.31. The van der Waals surface area contributed by atoms with E-state index in [0.717, 1.165) is 32.5 Å². The Hall–Kier alpha value is -1.35. The average Bonchev–Trinajstić information content (AvgIpc) is 2.49. The summed E-state index contributed by atoms with van der Waals surface area (Å²) >= 11 is 0. The van der Waals surface area contributed by atoms with E-state index < -0.39 is 0 Å². The molecule has 0 unspecified atom stereocenters. The molecule has 1 aromatic rings. The average molecular weight is 303 g/mol. The Kier molecular flexibility index (Phi) is 5.63. The molecule has 1 N–H and O–H groups in total. The summed E-state index contributed by atoms with van der Waals surface area (Å²) in [6.45, 7) is 9.57. The van der Waals surface area contributed by atoms with Crippen molar-refractivity contribution in [3.8, 4) is 5.75 Å². The van der Waals surface area contributed by atoms with Crippen molar-refractivity contribution in [3.05, 3.63) is 29.8 Å². The maximum atomic E-state index is 11.7. The first-order chi connectivity index (χ1) is 10.5. The molecule has 1 aromatic carbocycles. The summed E-state index contributed by atoms with van der Waals surface area (Å²) in [4.78, 5) is 14.1. The van der Waals surface area contributed by atoms with Crippen LogP contribution in [0.25, 0.3) is 0 Å². The first-order valence-electron chi connectivity index (χ1n) is 8.49. The number of rotatable bonds is 6. The topological polar surface area (TPSA) is 40.5 Å². The minimum Gasteiger partial charge on any atom is -0.508 e. The number of aromatic hydroxyl groups is 1. The summed E-state index contributed by atoms with van der Waals surface area (Å²) in [7, 11) is 0. The van der Waals surface area contributed by atoms with Gasteiger partial charge in [0.2, 0.25) is 0 Å². The summed E-state index contributed by atoms with van der Waals surface area (Å²) in [5, 5.41) is 9.74. The van der Waals surface area contributed by atoms with Gasteiger partial charge in [-0.15, -0.1) is 0 Å². The minimum atomic E-state index is 0.0999. The highest BCUT2D eigenvalue weighted by molar-refractivity contribution is 5.78. The van der Waals surface area contributed by atoms with Gasteiger partial charge in [-0.2, -0.15) is 0 Å². The number of benzene rings is 1. The van der Waals surface area contributed by atoms with Crippen LogP contribution in [0.4, 0.5) is 0 Å². The molecule has 1 aliphatic heterocycles. The molecule has 0 bridgehead atoms. The Morgan fingerprint density at radius 1 is 1.41 bits per heavy atom. The Morgan fingerprint density at radius 2 is 2.18 bits per heavy atom. The molecule has 3 nitrogen and oxygen atoms in total. The highest BCUT2D eigenvalue weighted by Gasteiger charge is 2.37. The van der Waals surface area contributed by atoms with Crippen LogP contribution in [-0.2, 0) is 10.2 Å². The molecular formula is C19H29NO2. The second-order valence-corrected chi connectivity index (χ2v) is 6.96. The summed E-state index contributed by atoms with van der Waals surface area (Å²) < 4.78 is 0. The van der Waals surface area contributed by atoms with Gasteiger partial charge in [0.15, 0.2) is 0 Å². The lowest BCUT2D eigenvalue weighted by atomic mass is 9.68. The standard InChI is InChI=1S/C19H29NO2/c1-4-6-17(21)9-11-20-12-10-19(3,15(2)14-20)16-7-5-8-18(22)13-16/h5,7-8,13,15,22H,4,6,9-12,14H2,1-3H3/t15-,19-/m0/s1. The van der Waals surface area contributed by atoms with Crippen molar-refractivity contribution < 1.29 is 9.90 Å². The SMILES string of the molecule is CCCC(=O)CCN1CC[C@](C)(c2cccc(O)c2)[C@@H](C)C1. The molecule has 1 saturated heterocycles. The number of nitrogens with zero attached hydrogens (tertiary/aromatic N) is 1. The van der Waals surface area contributed by atoms with Crippen molar-refractivity contribution >= 4 is 5.78 Å². The lowest BCUT2D eigenvalue weighted by Crippen LogP contribution is -2.47. The van der Waals surface area contributed by atoms with Gasteiger partial charge in [0.25, 0.3) is 0 Å². The van der Waals surface area contributed by atoms with Gasteiger partial charge in [-0.05, 0) is 48.4 Å². The number of phenolic OH excluding ortho intramolecular Hbond substituents is 1.